The van der Waals surface area contributed by atoms with Crippen LogP contribution in [0.15, 0.2) is 168 Å². The van der Waals surface area contributed by atoms with Crippen LogP contribution in [0, 0.1) is 0 Å². The summed E-state index contributed by atoms with van der Waals surface area (Å²) in [5.41, 5.74) is 7.47. The van der Waals surface area contributed by atoms with E-state index in [1.807, 2.05) is 12.1 Å². The van der Waals surface area contributed by atoms with Crippen LogP contribution >= 0.6 is 0 Å². The number of anilines is 3. The van der Waals surface area contributed by atoms with Crippen molar-refractivity contribution in [3.63, 3.8) is 0 Å². The van der Waals surface area contributed by atoms with E-state index in [0.29, 0.717) is 0 Å². The smallest absolute Gasteiger partial charge is 0.137 e. The van der Waals surface area contributed by atoms with Gasteiger partial charge in [-0.25, -0.2) is 0 Å². The van der Waals surface area contributed by atoms with E-state index in [-0.39, 0.29) is 0 Å². The molecule has 0 amide bonds. The zero-order valence-electron chi connectivity index (χ0n) is 23.9. The molecule has 44 heavy (non-hydrogen) atoms. The molecule has 0 aliphatic rings. The summed E-state index contributed by atoms with van der Waals surface area (Å²) >= 11 is 0. The molecule has 0 radical (unpaired) electrons. The average molecular weight is 562 g/mol. The van der Waals surface area contributed by atoms with E-state index in [1.54, 1.807) is 0 Å². The summed E-state index contributed by atoms with van der Waals surface area (Å²) in [5, 5.41) is 9.94. The normalized spacial score (nSPS) is 11.6. The topological polar surface area (TPSA) is 16.4 Å². The van der Waals surface area contributed by atoms with Crippen molar-refractivity contribution in [3.8, 4) is 11.1 Å². The van der Waals surface area contributed by atoms with Crippen LogP contribution in [0.3, 0.4) is 0 Å². The van der Waals surface area contributed by atoms with Crippen LogP contribution in [0.5, 0.6) is 0 Å². The lowest BCUT2D eigenvalue weighted by molar-refractivity contribution is 0.669. The van der Waals surface area contributed by atoms with Crippen molar-refractivity contribution in [2.75, 3.05) is 4.90 Å². The minimum atomic E-state index is 0.887. The van der Waals surface area contributed by atoms with Crippen molar-refractivity contribution in [2.45, 2.75) is 0 Å². The lowest BCUT2D eigenvalue weighted by atomic mass is 9.94. The maximum atomic E-state index is 6.25. The molecule has 9 rings (SSSR count). The predicted octanol–water partition coefficient (Wildman–Crippen LogP) is 12.2. The molecule has 9 aromatic rings. The van der Waals surface area contributed by atoms with Crippen LogP contribution in [0.1, 0.15) is 0 Å². The zero-order valence-corrected chi connectivity index (χ0v) is 23.9. The van der Waals surface area contributed by atoms with Gasteiger partial charge in [0.1, 0.15) is 11.2 Å². The summed E-state index contributed by atoms with van der Waals surface area (Å²) in [4.78, 5) is 2.33. The van der Waals surface area contributed by atoms with Crippen LogP contribution in [0.4, 0.5) is 17.1 Å². The van der Waals surface area contributed by atoms with Gasteiger partial charge in [0.25, 0.3) is 0 Å². The first kappa shape index (κ1) is 24.7. The van der Waals surface area contributed by atoms with Crippen molar-refractivity contribution in [2.24, 2.45) is 0 Å². The minimum Gasteiger partial charge on any atom is -0.456 e. The predicted molar refractivity (Wildman–Crippen MR) is 186 cm³/mol. The number of rotatable bonds is 4. The molecule has 206 valence electrons. The maximum absolute atomic E-state index is 6.25. The Kier molecular flexibility index (Phi) is 5.54. The molecule has 0 fully saturated rings. The molecule has 0 atom stereocenters. The van der Waals surface area contributed by atoms with Gasteiger partial charge in [-0.3, -0.25) is 0 Å². The fourth-order valence-electron chi connectivity index (χ4n) is 6.76. The van der Waals surface area contributed by atoms with Gasteiger partial charge in [0.2, 0.25) is 0 Å². The Bertz CT molecular complexity index is 2490. The Labute approximate surface area is 255 Å². The monoisotopic (exact) mass is 561 g/mol. The highest BCUT2D eigenvalue weighted by Gasteiger charge is 2.19. The fourth-order valence-corrected chi connectivity index (χ4v) is 6.76. The van der Waals surface area contributed by atoms with Gasteiger partial charge in [0.05, 0.1) is 11.1 Å². The van der Waals surface area contributed by atoms with Gasteiger partial charge in [-0.2, -0.15) is 0 Å². The van der Waals surface area contributed by atoms with Crippen molar-refractivity contribution in [1.29, 1.82) is 0 Å². The molecule has 0 bridgehead atoms. The number of para-hydroxylation sites is 2. The maximum Gasteiger partial charge on any atom is 0.137 e. The number of benzene rings is 8. The van der Waals surface area contributed by atoms with Crippen molar-refractivity contribution >= 4 is 71.3 Å². The molecule has 8 aromatic carbocycles. The van der Waals surface area contributed by atoms with Crippen LogP contribution < -0.4 is 4.90 Å². The quantitative estimate of drug-likeness (QED) is 0.199. The summed E-state index contributed by atoms with van der Waals surface area (Å²) in [5.74, 6) is 0. The number of hydrogen-bond acceptors (Lipinski definition) is 2. The second-order valence-electron chi connectivity index (χ2n) is 11.4. The molecule has 0 spiro atoms. The first-order valence-electron chi connectivity index (χ1n) is 15.0. The third-order valence-corrected chi connectivity index (χ3v) is 8.82. The Morgan fingerprint density at radius 3 is 1.86 bits per heavy atom. The van der Waals surface area contributed by atoms with Gasteiger partial charge in [-0.15, -0.1) is 0 Å². The summed E-state index contributed by atoms with van der Waals surface area (Å²) in [6, 6.07) is 58.5. The highest BCUT2D eigenvalue weighted by atomic mass is 16.3. The van der Waals surface area contributed by atoms with Gasteiger partial charge < -0.3 is 9.32 Å². The summed E-state index contributed by atoms with van der Waals surface area (Å²) < 4.78 is 6.25. The highest BCUT2D eigenvalue weighted by molar-refractivity contribution is 6.20. The molecule has 1 aromatic heterocycles. The van der Waals surface area contributed by atoms with E-state index < -0.39 is 0 Å². The zero-order chi connectivity index (χ0) is 29.0. The molecular formula is C42H27NO. The Balaban J connectivity index is 1.17. The third-order valence-electron chi connectivity index (χ3n) is 8.82. The van der Waals surface area contributed by atoms with E-state index in [9.17, 15) is 0 Å². The number of fused-ring (bicyclic) bond motifs is 8. The van der Waals surface area contributed by atoms with Crippen molar-refractivity contribution < 1.29 is 4.42 Å². The van der Waals surface area contributed by atoms with Gasteiger partial charge in [-0.1, -0.05) is 115 Å². The van der Waals surface area contributed by atoms with E-state index in [0.717, 1.165) is 39.0 Å². The molecule has 0 saturated heterocycles. The molecule has 2 nitrogen and oxygen atoms in total. The highest BCUT2D eigenvalue weighted by Crippen LogP contribution is 2.43. The second-order valence-corrected chi connectivity index (χ2v) is 11.4. The molecule has 1 heterocycles. The lowest BCUT2D eigenvalue weighted by Gasteiger charge is -2.26. The standard InChI is InChI=1S/C42H27NO/c1-2-10-33(11-3-1)43(38-14-8-16-40-42(38)37-13-6-7-15-39(37)44-40)34-24-21-28(22-25-34)31-23-26-36-32(27-31)20-19-30-18-17-29-9-4-5-12-35(29)41(30)36/h1-27H. The molecule has 0 aliphatic heterocycles. The van der Waals surface area contributed by atoms with E-state index in [1.165, 1.54) is 43.4 Å². The Hall–Kier alpha value is -5.86. The van der Waals surface area contributed by atoms with Gasteiger partial charge in [0, 0.05) is 16.8 Å². The molecule has 2 heteroatoms. The van der Waals surface area contributed by atoms with Crippen LogP contribution in [0.25, 0.3) is 65.4 Å². The number of furan rings is 1. The Morgan fingerprint density at radius 1 is 0.364 bits per heavy atom. The Morgan fingerprint density at radius 2 is 1.00 bits per heavy atom. The summed E-state index contributed by atoms with van der Waals surface area (Å²) in [7, 11) is 0. The van der Waals surface area contributed by atoms with Crippen molar-refractivity contribution in [3.05, 3.63) is 164 Å². The van der Waals surface area contributed by atoms with Gasteiger partial charge >= 0.3 is 0 Å². The van der Waals surface area contributed by atoms with Crippen LogP contribution in [-0.4, -0.2) is 0 Å². The van der Waals surface area contributed by atoms with Crippen LogP contribution in [0.2, 0.25) is 0 Å². The summed E-state index contributed by atoms with van der Waals surface area (Å²) in [6.45, 7) is 0. The van der Waals surface area contributed by atoms with Gasteiger partial charge in [-0.05, 0) is 92.0 Å². The van der Waals surface area contributed by atoms with E-state index >= 15 is 0 Å². The number of hydrogen-bond donors (Lipinski definition) is 0. The lowest BCUT2D eigenvalue weighted by Crippen LogP contribution is -2.10. The molecular weight excluding hydrogens is 534 g/mol. The molecule has 0 aliphatic carbocycles. The molecule has 0 N–H and O–H groups in total. The third kappa shape index (κ3) is 3.89. The fraction of sp³-hybridized carbons (Fsp3) is 0. The minimum absolute atomic E-state index is 0.887. The van der Waals surface area contributed by atoms with Crippen molar-refractivity contribution in [1.82, 2.24) is 0 Å². The first-order valence-corrected chi connectivity index (χ1v) is 15.0. The first-order chi connectivity index (χ1) is 21.8. The largest absolute Gasteiger partial charge is 0.456 e. The molecule has 0 unspecified atom stereocenters. The number of nitrogens with zero attached hydrogens (tertiary/aromatic N) is 1. The van der Waals surface area contributed by atoms with E-state index in [4.69, 9.17) is 4.42 Å². The SMILES string of the molecule is c1ccc(N(c2ccc(-c3ccc4c(ccc5ccc6ccccc6c54)c3)cc2)c2cccc3oc4ccccc4c23)cc1. The second kappa shape index (κ2) is 9.86. The average Bonchev–Trinajstić information content (AvgIpc) is 3.48. The van der Waals surface area contributed by atoms with E-state index in [2.05, 4.69) is 157 Å². The van der Waals surface area contributed by atoms with Gasteiger partial charge in [0.15, 0.2) is 0 Å². The summed E-state index contributed by atoms with van der Waals surface area (Å²) in [6.07, 6.45) is 0. The molecule has 0 saturated carbocycles. The van der Waals surface area contributed by atoms with Crippen LogP contribution in [-0.2, 0) is 0 Å².